The topological polar surface area (TPSA) is 61.6 Å². The van der Waals surface area contributed by atoms with Crippen molar-refractivity contribution in [1.82, 2.24) is 15.1 Å². The van der Waals surface area contributed by atoms with Crippen LogP contribution in [0.1, 0.15) is 41.0 Å². The van der Waals surface area contributed by atoms with Crippen molar-refractivity contribution in [3.8, 4) is 0 Å². The zero-order valence-electron chi connectivity index (χ0n) is 13.8. The van der Waals surface area contributed by atoms with Crippen LogP contribution >= 0.6 is 0 Å². The molecular formula is C15H32N4O. The molecule has 0 saturated carbocycles. The fourth-order valence-electron chi connectivity index (χ4n) is 3.26. The van der Waals surface area contributed by atoms with E-state index in [9.17, 15) is 4.79 Å². The van der Waals surface area contributed by atoms with Crippen LogP contribution in [0.25, 0.3) is 0 Å². The molecule has 1 saturated heterocycles. The smallest absolute Gasteiger partial charge is 0.237 e. The van der Waals surface area contributed by atoms with Gasteiger partial charge in [-0.15, -0.1) is 0 Å². The number of carbonyl (C=O) groups is 1. The van der Waals surface area contributed by atoms with Gasteiger partial charge in [-0.25, -0.2) is 0 Å². The second kappa shape index (κ2) is 7.38. The van der Waals surface area contributed by atoms with E-state index in [0.29, 0.717) is 12.1 Å². The largest absolute Gasteiger partial charge is 0.368 e. The van der Waals surface area contributed by atoms with Gasteiger partial charge in [0.15, 0.2) is 0 Å². The van der Waals surface area contributed by atoms with E-state index in [4.69, 9.17) is 5.73 Å². The van der Waals surface area contributed by atoms with Crippen molar-refractivity contribution >= 4 is 5.91 Å². The molecule has 118 valence electrons. The Balaban J connectivity index is 2.62. The number of likely N-dealkylation sites (N-methyl/N-ethyl adjacent to an activating group) is 2. The van der Waals surface area contributed by atoms with Crippen LogP contribution in [0.4, 0.5) is 0 Å². The maximum Gasteiger partial charge on any atom is 0.237 e. The minimum atomic E-state index is -0.612. The molecule has 3 atom stereocenters. The third-order valence-electron chi connectivity index (χ3n) is 4.64. The Morgan fingerprint density at radius 1 is 1.45 bits per heavy atom. The fourth-order valence-corrected chi connectivity index (χ4v) is 3.26. The Kier molecular flexibility index (Phi) is 6.43. The molecule has 0 aromatic heterocycles. The number of nitrogens with one attached hydrogen (secondary N) is 1. The lowest BCUT2D eigenvalue weighted by Gasteiger charge is -2.43. The van der Waals surface area contributed by atoms with Gasteiger partial charge >= 0.3 is 0 Å². The van der Waals surface area contributed by atoms with Crippen LogP contribution in [0.3, 0.4) is 0 Å². The predicted octanol–water partition coefficient (Wildman–Crippen LogP) is 0.645. The molecule has 5 heteroatoms. The molecule has 1 amide bonds. The zero-order valence-corrected chi connectivity index (χ0v) is 13.8. The van der Waals surface area contributed by atoms with Gasteiger partial charge in [0.2, 0.25) is 5.91 Å². The molecule has 3 N–H and O–H groups in total. The summed E-state index contributed by atoms with van der Waals surface area (Å²) >= 11 is 0. The number of nitrogens with two attached hydrogens (primary N) is 1. The molecular weight excluding hydrogens is 252 g/mol. The molecule has 0 spiro atoms. The Labute approximate surface area is 123 Å². The summed E-state index contributed by atoms with van der Waals surface area (Å²) in [4.78, 5) is 16.7. The van der Waals surface area contributed by atoms with E-state index in [2.05, 4.69) is 35.9 Å². The van der Waals surface area contributed by atoms with Crippen LogP contribution in [0.2, 0.25) is 0 Å². The molecule has 0 aromatic rings. The second-order valence-electron chi connectivity index (χ2n) is 6.25. The first-order valence-corrected chi connectivity index (χ1v) is 7.87. The summed E-state index contributed by atoms with van der Waals surface area (Å²) in [5.41, 5.74) is 4.97. The molecule has 1 aliphatic rings. The number of nitrogens with zero attached hydrogens (tertiary/aromatic N) is 2. The SMILES string of the molecule is CCNC(C)(CC(C)N1CCN(CC)C(C)C1)C(N)=O. The van der Waals surface area contributed by atoms with E-state index in [0.717, 1.165) is 39.1 Å². The summed E-state index contributed by atoms with van der Waals surface area (Å²) in [6.07, 6.45) is 0.759. The first kappa shape index (κ1) is 17.4. The van der Waals surface area contributed by atoms with E-state index in [1.807, 2.05) is 13.8 Å². The van der Waals surface area contributed by atoms with Crippen LogP contribution in [0.5, 0.6) is 0 Å². The van der Waals surface area contributed by atoms with Gasteiger partial charge in [0.1, 0.15) is 0 Å². The fraction of sp³-hybridized carbons (Fsp3) is 0.933. The number of piperazine rings is 1. The lowest BCUT2D eigenvalue weighted by atomic mass is 9.91. The number of carbonyl (C=O) groups excluding carboxylic acids is 1. The number of primary amides is 1. The summed E-state index contributed by atoms with van der Waals surface area (Å²) in [5.74, 6) is -0.258. The molecule has 20 heavy (non-hydrogen) atoms. The van der Waals surface area contributed by atoms with Gasteiger partial charge in [-0.2, -0.15) is 0 Å². The van der Waals surface area contributed by atoms with Gasteiger partial charge in [0.25, 0.3) is 0 Å². The van der Waals surface area contributed by atoms with Crippen LogP contribution in [0.15, 0.2) is 0 Å². The molecule has 0 aliphatic carbocycles. The van der Waals surface area contributed by atoms with E-state index in [-0.39, 0.29) is 5.91 Å². The minimum absolute atomic E-state index is 0.258. The Hall–Kier alpha value is -0.650. The quantitative estimate of drug-likeness (QED) is 0.720. The van der Waals surface area contributed by atoms with Gasteiger partial charge in [0.05, 0.1) is 5.54 Å². The van der Waals surface area contributed by atoms with Crippen LogP contribution in [-0.4, -0.2) is 66.1 Å². The summed E-state index contributed by atoms with van der Waals surface area (Å²) in [5, 5.41) is 3.25. The van der Waals surface area contributed by atoms with Gasteiger partial charge in [-0.1, -0.05) is 13.8 Å². The normalized spacial score (nSPS) is 26.1. The average Bonchev–Trinajstić information content (AvgIpc) is 2.38. The van der Waals surface area contributed by atoms with Crippen molar-refractivity contribution in [2.24, 2.45) is 5.73 Å². The van der Waals surface area contributed by atoms with Gasteiger partial charge in [-0.3, -0.25) is 14.6 Å². The van der Waals surface area contributed by atoms with Crippen LogP contribution in [0, 0.1) is 0 Å². The Morgan fingerprint density at radius 3 is 2.55 bits per heavy atom. The van der Waals surface area contributed by atoms with E-state index < -0.39 is 5.54 Å². The summed E-state index contributed by atoms with van der Waals surface area (Å²) in [6, 6.07) is 0.933. The van der Waals surface area contributed by atoms with Crippen molar-refractivity contribution in [3.05, 3.63) is 0 Å². The molecule has 1 heterocycles. The first-order chi connectivity index (χ1) is 9.34. The Bertz CT molecular complexity index is 323. The molecule has 1 fully saturated rings. The maximum absolute atomic E-state index is 11.7. The third-order valence-corrected chi connectivity index (χ3v) is 4.64. The number of amides is 1. The monoisotopic (exact) mass is 284 g/mol. The standard InChI is InChI=1S/C15H32N4O/c1-6-17-15(5,14(16)20)10-12(3)19-9-8-18(7-2)13(4)11-19/h12-13,17H,6-11H2,1-5H3,(H2,16,20). The molecule has 1 aliphatic heterocycles. The van der Waals surface area contributed by atoms with Crippen LogP contribution < -0.4 is 11.1 Å². The molecule has 1 rings (SSSR count). The number of hydrogen-bond donors (Lipinski definition) is 2. The molecule has 5 nitrogen and oxygen atoms in total. The van der Waals surface area contributed by atoms with Crippen molar-refractivity contribution < 1.29 is 4.79 Å². The average molecular weight is 284 g/mol. The van der Waals surface area contributed by atoms with E-state index in [1.54, 1.807) is 0 Å². The van der Waals surface area contributed by atoms with E-state index in [1.165, 1.54) is 0 Å². The van der Waals surface area contributed by atoms with Crippen molar-refractivity contribution in [3.63, 3.8) is 0 Å². The van der Waals surface area contributed by atoms with Crippen LogP contribution in [-0.2, 0) is 4.79 Å². The highest BCUT2D eigenvalue weighted by Crippen LogP contribution is 2.19. The second-order valence-corrected chi connectivity index (χ2v) is 6.25. The third kappa shape index (κ3) is 4.17. The number of rotatable bonds is 7. The highest BCUT2D eigenvalue weighted by Gasteiger charge is 2.35. The van der Waals surface area contributed by atoms with Crippen molar-refractivity contribution in [1.29, 1.82) is 0 Å². The lowest BCUT2D eigenvalue weighted by molar-refractivity contribution is -0.124. The first-order valence-electron chi connectivity index (χ1n) is 7.87. The highest BCUT2D eigenvalue weighted by molar-refractivity contribution is 5.84. The lowest BCUT2D eigenvalue weighted by Crippen LogP contribution is -2.59. The van der Waals surface area contributed by atoms with E-state index >= 15 is 0 Å². The predicted molar refractivity (Wildman–Crippen MR) is 83.6 cm³/mol. The van der Waals surface area contributed by atoms with Gasteiger partial charge in [0, 0.05) is 31.7 Å². The highest BCUT2D eigenvalue weighted by atomic mass is 16.1. The summed E-state index contributed by atoms with van der Waals surface area (Å²) < 4.78 is 0. The molecule has 0 bridgehead atoms. The molecule has 0 radical (unpaired) electrons. The summed E-state index contributed by atoms with van der Waals surface area (Å²) in [6.45, 7) is 15.7. The Morgan fingerprint density at radius 2 is 2.10 bits per heavy atom. The van der Waals surface area contributed by atoms with Gasteiger partial charge in [-0.05, 0) is 40.3 Å². The minimum Gasteiger partial charge on any atom is -0.368 e. The molecule has 3 unspecified atom stereocenters. The molecule has 0 aromatic carbocycles. The summed E-state index contributed by atoms with van der Waals surface area (Å²) in [7, 11) is 0. The number of hydrogen-bond acceptors (Lipinski definition) is 4. The van der Waals surface area contributed by atoms with Crippen molar-refractivity contribution in [2.45, 2.75) is 58.7 Å². The maximum atomic E-state index is 11.7. The van der Waals surface area contributed by atoms with Crippen molar-refractivity contribution in [2.75, 3.05) is 32.7 Å². The zero-order chi connectivity index (χ0) is 15.3. The van der Waals surface area contributed by atoms with Gasteiger partial charge < -0.3 is 11.1 Å².